The highest BCUT2D eigenvalue weighted by Crippen LogP contribution is 2.49. The standard InChI is InChI=1S/C31H32N2O5/c1-5-29(35)33-25-9-7-6-8-23(25)32-24-16-21(19-10-13-22(36-2)14-11-19)17-26(34)30(24)31(33)20-12-15-27(37-3)28(18-20)38-4/h6-16,18,21,30-32H,5,17H2,1-4H3. The molecule has 0 bridgehead atoms. The van der Waals surface area contributed by atoms with E-state index >= 15 is 0 Å². The number of carbonyl (C=O) groups excluding carboxylic acids is 2. The summed E-state index contributed by atoms with van der Waals surface area (Å²) >= 11 is 0. The van der Waals surface area contributed by atoms with Crippen LogP contribution >= 0.6 is 0 Å². The van der Waals surface area contributed by atoms with Crippen molar-refractivity contribution in [2.75, 3.05) is 31.5 Å². The predicted octanol–water partition coefficient (Wildman–Crippen LogP) is 5.88. The number of methoxy groups -OCH3 is 3. The van der Waals surface area contributed by atoms with Gasteiger partial charge in [-0.05, 0) is 47.5 Å². The van der Waals surface area contributed by atoms with Crippen molar-refractivity contribution in [3.8, 4) is 17.2 Å². The Kier molecular flexibility index (Phi) is 7.09. The van der Waals surface area contributed by atoms with Crippen LogP contribution in [0, 0.1) is 5.92 Å². The van der Waals surface area contributed by atoms with Crippen molar-refractivity contribution in [2.45, 2.75) is 31.7 Å². The molecule has 3 atom stereocenters. The van der Waals surface area contributed by atoms with Crippen LogP contribution in [0.4, 0.5) is 11.4 Å². The van der Waals surface area contributed by atoms with Gasteiger partial charge in [-0.3, -0.25) is 9.59 Å². The van der Waals surface area contributed by atoms with Crippen molar-refractivity contribution in [3.05, 3.63) is 89.6 Å². The van der Waals surface area contributed by atoms with Crippen LogP contribution in [0.15, 0.2) is 78.5 Å². The molecule has 1 aliphatic heterocycles. The summed E-state index contributed by atoms with van der Waals surface area (Å²) in [6.45, 7) is 1.84. The van der Waals surface area contributed by atoms with E-state index in [0.29, 0.717) is 24.3 Å². The van der Waals surface area contributed by atoms with Crippen molar-refractivity contribution >= 4 is 23.1 Å². The second-order valence-corrected chi connectivity index (χ2v) is 9.47. The quantitative estimate of drug-likeness (QED) is 0.445. The van der Waals surface area contributed by atoms with Crippen LogP contribution < -0.4 is 24.4 Å². The summed E-state index contributed by atoms with van der Waals surface area (Å²) in [5.41, 5.74) is 4.16. The number of carbonyl (C=O) groups is 2. The fourth-order valence-corrected chi connectivity index (χ4v) is 5.51. The van der Waals surface area contributed by atoms with Crippen LogP contribution in [-0.4, -0.2) is 33.0 Å². The number of anilines is 2. The van der Waals surface area contributed by atoms with E-state index < -0.39 is 12.0 Å². The Labute approximate surface area is 223 Å². The number of hydrogen-bond donors (Lipinski definition) is 1. The van der Waals surface area contributed by atoms with Gasteiger partial charge in [0.15, 0.2) is 11.5 Å². The first-order chi connectivity index (χ1) is 18.5. The minimum Gasteiger partial charge on any atom is -0.497 e. The fraction of sp³-hybridized carbons (Fsp3) is 0.290. The lowest BCUT2D eigenvalue weighted by molar-refractivity contribution is -0.123. The third-order valence-electron chi connectivity index (χ3n) is 7.38. The monoisotopic (exact) mass is 512 g/mol. The normalized spacial score (nSPS) is 20.3. The van der Waals surface area contributed by atoms with Gasteiger partial charge >= 0.3 is 0 Å². The summed E-state index contributed by atoms with van der Waals surface area (Å²) in [5.74, 6) is 1.23. The summed E-state index contributed by atoms with van der Waals surface area (Å²) in [7, 11) is 4.80. The maximum absolute atomic E-state index is 14.1. The Bertz CT molecular complexity index is 1380. The van der Waals surface area contributed by atoms with Crippen molar-refractivity contribution in [1.82, 2.24) is 0 Å². The fourth-order valence-electron chi connectivity index (χ4n) is 5.51. The lowest BCUT2D eigenvalue weighted by atomic mass is 9.76. The number of fused-ring (bicyclic) bond motifs is 2. The molecule has 196 valence electrons. The number of allylic oxidation sites excluding steroid dienone is 1. The second kappa shape index (κ2) is 10.6. The maximum Gasteiger partial charge on any atom is 0.227 e. The molecule has 0 fully saturated rings. The van der Waals surface area contributed by atoms with E-state index in [1.165, 1.54) is 0 Å². The zero-order valence-electron chi connectivity index (χ0n) is 22.1. The average molecular weight is 513 g/mol. The van der Waals surface area contributed by atoms with E-state index in [4.69, 9.17) is 14.2 Å². The number of benzene rings is 3. The summed E-state index contributed by atoms with van der Waals surface area (Å²) in [6, 6.07) is 20.6. The smallest absolute Gasteiger partial charge is 0.227 e. The van der Waals surface area contributed by atoms with E-state index in [0.717, 1.165) is 33.9 Å². The number of hydrogen-bond acceptors (Lipinski definition) is 6. The van der Waals surface area contributed by atoms with Gasteiger partial charge in [-0.15, -0.1) is 0 Å². The summed E-state index contributed by atoms with van der Waals surface area (Å²) < 4.78 is 16.4. The molecule has 1 N–H and O–H groups in total. The lowest BCUT2D eigenvalue weighted by Gasteiger charge is -2.37. The molecular formula is C31H32N2O5. The Balaban J connectivity index is 1.70. The molecular weight excluding hydrogens is 480 g/mol. The van der Waals surface area contributed by atoms with Crippen LogP contribution in [0.25, 0.3) is 0 Å². The Morgan fingerprint density at radius 3 is 2.32 bits per heavy atom. The molecule has 7 heteroatoms. The molecule has 1 heterocycles. The molecule has 0 saturated carbocycles. The number of nitrogens with one attached hydrogen (secondary N) is 1. The van der Waals surface area contributed by atoms with E-state index in [9.17, 15) is 9.59 Å². The lowest BCUT2D eigenvalue weighted by Crippen LogP contribution is -2.42. The molecule has 3 aromatic carbocycles. The van der Waals surface area contributed by atoms with Gasteiger partial charge in [-0.1, -0.05) is 43.3 Å². The number of rotatable bonds is 6. The van der Waals surface area contributed by atoms with E-state index in [2.05, 4.69) is 11.4 Å². The predicted molar refractivity (Wildman–Crippen MR) is 147 cm³/mol. The zero-order chi connectivity index (χ0) is 26.8. The Morgan fingerprint density at radius 1 is 0.921 bits per heavy atom. The van der Waals surface area contributed by atoms with Gasteiger partial charge in [0, 0.05) is 24.5 Å². The first-order valence-corrected chi connectivity index (χ1v) is 12.8. The molecule has 0 spiro atoms. The molecule has 3 unspecified atom stereocenters. The summed E-state index contributed by atoms with van der Waals surface area (Å²) in [5, 5.41) is 3.54. The SMILES string of the molecule is CCC(=O)N1c2ccccc2NC2=CC(c3ccc(OC)cc3)CC(=O)C2C1c1ccc(OC)c(OC)c1. The third-order valence-corrected chi connectivity index (χ3v) is 7.38. The number of Topliss-reactive ketones (excluding diaryl/α,β-unsaturated/α-hetero) is 1. The highest BCUT2D eigenvalue weighted by molar-refractivity contribution is 6.01. The highest BCUT2D eigenvalue weighted by Gasteiger charge is 2.45. The molecule has 38 heavy (non-hydrogen) atoms. The number of ether oxygens (including phenoxy) is 3. The van der Waals surface area contributed by atoms with Crippen LogP contribution in [0.3, 0.4) is 0 Å². The average Bonchev–Trinajstić information content (AvgIpc) is 3.11. The largest absolute Gasteiger partial charge is 0.497 e. The molecule has 7 nitrogen and oxygen atoms in total. The first kappa shape index (κ1) is 25.4. The molecule has 2 aliphatic rings. The second-order valence-electron chi connectivity index (χ2n) is 9.47. The molecule has 5 rings (SSSR count). The van der Waals surface area contributed by atoms with Crippen LogP contribution in [0.1, 0.15) is 42.9 Å². The number of ketones is 1. The molecule has 0 radical (unpaired) electrons. The first-order valence-electron chi connectivity index (χ1n) is 12.8. The van der Waals surface area contributed by atoms with Crippen molar-refractivity contribution < 1.29 is 23.8 Å². The topological polar surface area (TPSA) is 77.1 Å². The number of nitrogens with zero attached hydrogens (tertiary/aromatic N) is 1. The zero-order valence-corrected chi connectivity index (χ0v) is 22.1. The van der Waals surface area contributed by atoms with Gasteiger partial charge in [0.1, 0.15) is 11.5 Å². The van der Waals surface area contributed by atoms with E-state index in [1.54, 1.807) is 26.2 Å². The minimum absolute atomic E-state index is 0.0645. The molecule has 0 aromatic heterocycles. The van der Waals surface area contributed by atoms with E-state index in [1.807, 2.05) is 73.7 Å². The summed E-state index contributed by atoms with van der Waals surface area (Å²) in [4.78, 5) is 29.4. The van der Waals surface area contributed by atoms with E-state index in [-0.39, 0.29) is 17.6 Å². The van der Waals surface area contributed by atoms with Crippen molar-refractivity contribution in [2.24, 2.45) is 5.92 Å². The van der Waals surface area contributed by atoms with Crippen molar-refractivity contribution in [3.63, 3.8) is 0 Å². The molecule has 1 aliphatic carbocycles. The third kappa shape index (κ3) is 4.49. The van der Waals surface area contributed by atoms with Crippen molar-refractivity contribution in [1.29, 1.82) is 0 Å². The Morgan fingerprint density at radius 2 is 1.63 bits per heavy atom. The van der Waals surface area contributed by atoms with Gasteiger partial charge in [-0.2, -0.15) is 0 Å². The van der Waals surface area contributed by atoms with Gasteiger partial charge < -0.3 is 24.4 Å². The highest BCUT2D eigenvalue weighted by atomic mass is 16.5. The van der Waals surface area contributed by atoms with Crippen LogP contribution in [0.5, 0.6) is 17.2 Å². The van der Waals surface area contributed by atoms with Gasteiger partial charge in [-0.25, -0.2) is 0 Å². The number of amides is 1. The molecule has 3 aromatic rings. The minimum atomic E-state index is -0.578. The Hall–Kier alpha value is -4.26. The summed E-state index contributed by atoms with van der Waals surface area (Å²) in [6.07, 6.45) is 2.77. The van der Waals surface area contributed by atoms with Gasteiger partial charge in [0.05, 0.1) is 44.7 Å². The van der Waals surface area contributed by atoms with Crippen LogP contribution in [-0.2, 0) is 9.59 Å². The maximum atomic E-state index is 14.1. The number of para-hydroxylation sites is 2. The molecule has 0 saturated heterocycles. The van der Waals surface area contributed by atoms with Gasteiger partial charge in [0.25, 0.3) is 0 Å². The molecule has 1 amide bonds. The van der Waals surface area contributed by atoms with Crippen LogP contribution in [0.2, 0.25) is 0 Å². The van der Waals surface area contributed by atoms with Gasteiger partial charge in [0.2, 0.25) is 5.91 Å².